The molecule has 0 aliphatic rings. The van der Waals surface area contributed by atoms with E-state index in [0.29, 0.717) is 27.8 Å². The normalized spacial score (nSPS) is 10.2. The summed E-state index contributed by atoms with van der Waals surface area (Å²) >= 11 is 5.93. The molecule has 5 nitrogen and oxygen atoms in total. The zero-order chi connectivity index (χ0) is 18.7. The lowest BCUT2D eigenvalue weighted by molar-refractivity contribution is 0.355. The highest BCUT2D eigenvalue weighted by Crippen LogP contribution is 2.33. The lowest BCUT2D eigenvalue weighted by Crippen LogP contribution is -2.12. The van der Waals surface area contributed by atoms with Gasteiger partial charge >= 0.3 is 0 Å². The maximum Gasteiger partial charge on any atom is 0.266 e. The molecule has 1 aromatic heterocycles. The topological polar surface area (TPSA) is 75.1 Å². The molecule has 0 radical (unpaired) electrons. The summed E-state index contributed by atoms with van der Waals surface area (Å²) in [6.07, 6.45) is 0. The van der Waals surface area contributed by atoms with Gasteiger partial charge in [-0.15, -0.1) is 0 Å². The largest absolute Gasteiger partial charge is 0.493 e. The van der Waals surface area contributed by atoms with E-state index in [1.165, 1.54) is 0 Å². The third-order valence-corrected chi connectivity index (χ3v) is 4.25. The number of aromatic amines is 1. The second kappa shape index (κ2) is 7.34. The number of aromatic nitrogens is 1. The third kappa shape index (κ3) is 3.28. The summed E-state index contributed by atoms with van der Waals surface area (Å²) in [5, 5.41) is 9.98. The molecule has 0 amide bonds. The van der Waals surface area contributed by atoms with Gasteiger partial charge in [-0.3, -0.25) is 4.79 Å². The minimum Gasteiger partial charge on any atom is -0.493 e. The van der Waals surface area contributed by atoms with Crippen LogP contribution in [0, 0.1) is 11.3 Å². The van der Waals surface area contributed by atoms with E-state index in [0.717, 1.165) is 11.1 Å². The van der Waals surface area contributed by atoms with Gasteiger partial charge in [0.05, 0.1) is 14.2 Å². The molecule has 0 saturated heterocycles. The Labute approximate surface area is 155 Å². The highest BCUT2D eigenvalue weighted by atomic mass is 35.5. The van der Waals surface area contributed by atoms with Crippen molar-refractivity contribution >= 4 is 11.6 Å². The molecular formula is C20H15ClN2O3. The van der Waals surface area contributed by atoms with Crippen LogP contribution in [0.3, 0.4) is 0 Å². The highest BCUT2D eigenvalue weighted by molar-refractivity contribution is 6.30. The van der Waals surface area contributed by atoms with Gasteiger partial charge in [-0.05, 0) is 42.0 Å². The van der Waals surface area contributed by atoms with E-state index in [1.807, 2.05) is 12.1 Å². The van der Waals surface area contributed by atoms with Gasteiger partial charge in [0.1, 0.15) is 11.6 Å². The van der Waals surface area contributed by atoms with Crippen LogP contribution >= 0.6 is 11.6 Å². The minimum absolute atomic E-state index is 0.0524. The van der Waals surface area contributed by atoms with E-state index in [1.54, 1.807) is 56.7 Å². The first-order valence-corrected chi connectivity index (χ1v) is 8.11. The van der Waals surface area contributed by atoms with Gasteiger partial charge in [0.2, 0.25) is 0 Å². The molecule has 2 aromatic carbocycles. The van der Waals surface area contributed by atoms with Crippen LogP contribution in [0.25, 0.3) is 22.4 Å². The minimum atomic E-state index is -0.454. The summed E-state index contributed by atoms with van der Waals surface area (Å²) in [7, 11) is 3.10. The quantitative estimate of drug-likeness (QED) is 0.748. The Morgan fingerprint density at radius 2 is 1.62 bits per heavy atom. The van der Waals surface area contributed by atoms with Crippen LogP contribution in [0.5, 0.6) is 11.5 Å². The lowest BCUT2D eigenvalue weighted by Gasteiger charge is -2.11. The molecule has 0 atom stereocenters. The van der Waals surface area contributed by atoms with E-state index in [2.05, 4.69) is 4.98 Å². The Bertz CT molecular complexity index is 1050. The van der Waals surface area contributed by atoms with Gasteiger partial charge in [0, 0.05) is 21.8 Å². The Balaban J connectivity index is 2.20. The first-order valence-electron chi connectivity index (χ1n) is 7.73. The van der Waals surface area contributed by atoms with E-state index in [9.17, 15) is 10.1 Å². The molecule has 0 spiro atoms. The number of nitrogens with one attached hydrogen (secondary N) is 1. The number of benzene rings is 2. The van der Waals surface area contributed by atoms with Crippen molar-refractivity contribution in [2.45, 2.75) is 0 Å². The van der Waals surface area contributed by atoms with Crippen molar-refractivity contribution in [2.24, 2.45) is 0 Å². The number of hydrogen-bond donors (Lipinski definition) is 1. The average molecular weight is 367 g/mol. The van der Waals surface area contributed by atoms with Crippen LogP contribution in [-0.4, -0.2) is 19.2 Å². The van der Waals surface area contributed by atoms with E-state index >= 15 is 0 Å². The summed E-state index contributed by atoms with van der Waals surface area (Å²) in [6.45, 7) is 0. The van der Waals surface area contributed by atoms with Crippen molar-refractivity contribution in [2.75, 3.05) is 14.2 Å². The van der Waals surface area contributed by atoms with Crippen molar-refractivity contribution in [1.82, 2.24) is 4.98 Å². The molecule has 0 aliphatic heterocycles. The molecular weight excluding hydrogens is 352 g/mol. The van der Waals surface area contributed by atoms with Gasteiger partial charge in [-0.25, -0.2) is 0 Å². The van der Waals surface area contributed by atoms with Crippen LogP contribution in [0.2, 0.25) is 5.02 Å². The van der Waals surface area contributed by atoms with Crippen LogP contribution < -0.4 is 15.0 Å². The maximum absolute atomic E-state index is 12.4. The van der Waals surface area contributed by atoms with E-state index in [4.69, 9.17) is 21.1 Å². The predicted molar refractivity (Wildman–Crippen MR) is 101 cm³/mol. The Hall–Kier alpha value is -3.23. The molecule has 130 valence electrons. The zero-order valence-corrected chi connectivity index (χ0v) is 14.9. The second-order valence-corrected chi connectivity index (χ2v) is 5.93. The molecule has 6 heteroatoms. The number of H-pyrrole nitrogens is 1. The molecule has 0 saturated carbocycles. The van der Waals surface area contributed by atoms with Crippen molar-refractivity contribution in [1.29, 1.82) is 5.26 Å². The van der Waals surface area contributed by atoms with Crippen LogP contribution in [0.15, 0.2) is 53.3 Å². The SMILES string of the molecule is COc1ccc(-c2cc(-c3ccc(Cl)cc3)c(C#N)c(=O)[nH]2)cc1OC. The summed E-state index contributed by atoms with van der Waals surface area (Å²) < 4.78 is 10.6. The van der Waals surface area contributed by atoms with Crippen molar-refractivity contribution in [3.63, 3.8) is 0 Å². The fourth-order valence-electron chi connectivity index (χ4n) is 2.69. The molecule has 0 bridgehead atoms. The molecule has 0 aliphatic carbocycles. The van der Waals surface area contributed by atoms with Crippen molar-refractivity contribution < 1.29 is 9.47 Å². The molecule has 1 N–H and O–H groups in total. The summed E-state index contributed by atoms with van der Waals surface area (Å²) in [4.78, 5) is 15.2. The van der Waals surface area contributed by atoms with Gasteiger partial charge in [-0.1, -0.05) is 23.7 Å². The van der Waals surface area contributed by atoms with Crippen molar-refractivity contribution in [3.05, 3.63) is 69.5 Å². The first kappa shape index (κ1) is 17.6. The maximum atomic E-state index is 12.4. The second-order valence-electron chi connectivity index (χ2n) is 5.49. The van der Waals surface area contributed by atoms with Crippen LogP contribution in [0.4, 0.5) is 0 Å². The van der Waals surface area contributed by atoms with Crippen LogP contribution in [0.1, 0.15) is 5.56 Å². The molecule has 1 heterocycles. The van der Waals surface area contributed by atoms with Gasteiger partial charge in [0.25, 0.3) is 5.56 Å². The monoisotopic (exact) mass is 366 g/mol. The summed E-state index contributed by atoms with van der Waals surface area (Å²) in [5.41, 5.74) is 2.18. The summed E-state index contributed by atoms with van der Waals surface area (Å²) in [5.74, 6) is 1.13. The lowest BCUT2D eigenvalue weighted by atomic mass is 9.99. The molecule has 0 unspecified atom stereocenters. The smallest absolute Gasteiger partial charge is 0.266 e. The number of nitriles is 1. The molecule has 3 aromatic rings. The number of halogens is 1. The number of hydrogen-bond acceptors (Lipinski definition) is 4. The fourth-order valence-corrected chi connectivity index (χ4v) is 2.81. The summed E-state index contributed by atoms with van der Waals surface area (Å²) in [6, 6.07) is 16.1. The average Bonchev–Trinajstić information content (AvgIpc) is 2.67. The number of rotatable bonds is 4. The number of pyridine rings is 1. The molecule has 26 heavy (non-hydrogen) atoms. The van der Waals surface area contributed by atoms with Gasteiger partial charge in [-0.2, -0.15) is 5.26 Å². The van der Waals surface area contributed by atoms with E-state index in [-0.39, 0.29) is 5.56 Å². The van der Waals surface area contributed by atoms with Crippen molar-refractivity contribution in [3.8, 4) is 40.0 Å². The standard InChI is InChI=1S/C20H15ClN2O3/c1-25-18-8-5-13(9-19(18)26-2)17-10-15(16(11-22)20(24)23-17)12-3-6-14(21)7-4-12/h3-10H,1-2H3,(H,23,24). The predicted octanol–water partition coefficient (Wildman–Crippen LogP) is 4.25. The highest BCUT2D eigenvalue weighted by Gasteiger charge is 2.14. The zero-order valence-electron chi connectivity index (χ0n) is 14.2. The van der Waals surface area contributed by atoms with Gasteiger partial charge < -0.3 is 14.5 Å². The first-order chi connectivity index (χ1) is 12.6. The van der Waals surface area contributed by atoms with Crippen LogP contribution in [-0.2, 0) is 0 Å². The molecule has 0 fully saturated rings. The fraction of sp³-hybridized carbons (Fsp3) is 0.100. The number of methoxy groups -OCH3 is 2. The Morgan fingerprint density at radius 3 is 2.23 bits per heavy atom. The third-order valence-electron chi connectivity index (χ3n) is 3.99. The number of nitrogens with zero attached hydrogens (tertiary/aromatic N) is 1. The van der Waals surface area contributed by atoms with E-state index < -0.39 is 5.56 Å². The van der Waals surface area contributed by atoms with Gasteiger partial charge in [0.15, 0.2) is 11.5 Å². The molecule has 3 rings (SSSR count). The number of ether oxygens (including phenoxy) is 2. The Kier molecular flexibility index (Phi) is 4.97. The Morgan fingerprint density at radius 1 is 0.962 bits per heavy atom.